The predicted molar refractivity (Wildman–Crippen MR) is 45.4 cm³/mol. The highest BCUT2D eigenvalue weighted by molar-refractivity contribution is 5.11. The van der Waals surface area contributed by atoms with Gasteiger partial charge in [0, 0.05) is 12.4 Å². The first-order valence-corrected chi connectivity index (χ1v) is 3.16. The summed E-state index contributed by atoms with van der Waals surface area (Å²) in [5.74, 6) is 0.322. The SMILES string of the molecule is C/C=C/N.Nc1ncccn1. The second kappa shape index (κ2) is 6.54. The number of nitrogen functional groups attached to an aromatic ring is 1. The number of nitrogens with zero attached hydrogens (tertiary/aromatic N) is 2. The van der Waals surface area contributed by atoms with E-state index in [9.17, 15) is 0 Å². The van der Waals surface area contributed by atoms with Crippen molar-refractivity contribution >= 4 is 5.95 Å². The molecule has 0 saturated carbocycles. The minimum Gasteiger partial charge on any atom is -0.405 e. The van der Waals surface area contributed by atoms with Crippen molar-refractivity contribution in [2.75, 3.05) is 5.73 Å². The summed E-state index contributed by atoms with van der Waals surface area (Å²) in [6, 6.07) is 1.72. The number of nitrogens with two attached hydrogens (primary N) is 2. The molecule has 1 aromatic rings. The first kappa shape index (κ1) is 9.42. The van der Waals surface area contributed by atoms with Crippen molar-refractivity contribution in [2.45, 2.75) is 6.92 Å². The van der Waals surface area contributed by atoms with Crippen LogP contribution in [0.5, 0.6) is 0 Å². The van der Waals surface area contributed by atoms with Crippen LogP contribution < -0.4 is 11.5 Å². The Hall–Kier alpha value is -1.58. The first-order chi connectivity index (χ1) is 5.31. The molecule has 11 heavy (non-hydrogen) atoms. The third-order valence-corrected chi connectivity index (χ3v) is 0.778. The average molecular weight is 152 g/mol. The number of aromatic nitrogens is 2. The van der Waals surface area contributed by atoms with Crippen LogP contribution in [0.4, 0.5) is 5.95 Å². The summed E-state index contributed by atoms with van der Waals surface area (Å²) < 4.78 is 0. The van der Waals surface area contributed by atoms with Crippen molar-refractivity contribution in [1.29, 1.82) is 0 Å². The van der Waals surface area contributed by atoms with Crippen LogP contribution in [0, 0.1) is 0 Å². The number of rotatable bonds is 0. The zero-order valence-electron chi connectivity index (χ0n) is 6.44. The minimum atomic E-state index is 0.322. The van der Waals surface area contributed by atoms with E-state index >= 15 is 0 Å². The largest absolute Gasteiger partial charge is 0.405 e. The zero-order valence-corrected chi connectivity index (χ0v) is 6.44. The van der Waals surface area contributed by atoms with Crippen LogP contribution in [0.2, 0.25) is 0 Å². The van der Waals surface area contributed by atoms with Crippen LogP contribution in [0.25, 0.3) is 0 Å². The van der Waals surface area contributed by atoms with Crippen molar-refractivity contribution in [3.63, 3.8) is 0 Å². The van der Waals surface area contributed by atoms with Gasteiger partial charge in [0.1, 0.15) is 0 Å². The molecule has 4 N–H and O–H groups in total. The monoisotopic (exact) mass is 152 g/mol. The Bertz CT molecular complexity index is 191. The predicted octanol–water partition coefficient (Wildman–Crippen LogP) is 0.537. The summed E-state index contributed by atoms with van der Waals surface area (Å²) in [6.07, 6.45) is 6.48. The van der Waals surface area contributed by atoms with E-state index in [1.54, 1.807) is 24.5 Å². The molecule has 1 heterocycles. The zero-order chi connectivity index (χ0) is 8.53. The molecule has 1 aromatic heterocycles. The van der Waals surface area contributed by atoms with E-state index in [-0.39, 0.29) is 0 Å². The lowest BCUT2D eigenvalue weighted by atomic mass is 10.7. The van der Waals surface area contributed by atoms with E-state index in [1.165, 1.54) is 6.20 Å². The molecule has 0 aliphatic carbocycles. The number of hydrogen-bond donors (Lipinski definition) is 2. The maximum Gasteiger partial charge on any atom is 0.219 e. The first-order valence-electron chi connectivity index (χ1n) is 3.16. The molecule has 0 bridgehead atoms. The third-order valence-electron chi connectivity index (χ3n) is 0.778. The summed E-state index contributed by atoms with van der Waals surface area (Å²) >= 11 is 0. The molecule has 0 saturated heterocycles. The Kier molecular flexibility index (Phi) is 5.60. The van der Waals surface area contributed by atoms with E-state index in [0.29, 0.717) is 5.95 Å². The summed E-state index contributed by atoms with van der Waals surface area (Å²) in [5, 5.41) is 0. The van der Waals surface area contributed by atoms with Crippen LogP contribution in [-0.4, -0.2) is 9.97 Å². The molecule has 1 rings (SSSR count). The van der Waals surface area contributed by atoms with Gasteiger partial charge in [0.15, 0.2) is 0 Å². The normalized spacial score (nSPS) is 8.82. The van der Waals surface area contributed by atoms with Gasteiger partial charge in [0.25, 0.3) is 0 Å². The van der Waals surface area contributed by atoms with Gasteiger partial charge in [-0.2, -0.15) is 0 Å². The molecule has 0 unspecified atom stereocenters. The molecule has 60 valence electrons. The van der Waals surface area contributed by atoms with Crippen LogP contribution >= 0.6 is 0 Å². The number of anilines is 1. The second-order valence-electron chi connectivity index (χ2n) is 1.63. The van der Waals surface area contributed by atoms with Crippen molar-refractivity contribution in [1.82, 2.24) is 9.97 Å². The van der Waals surface area contributed by atoms with Gasteiger partial charge in [-0.3, -0.25) is 0 Å². The van der Waals surface area contributed by atoms with Crippen LogP contribution in [0.3, 0.4) is 0 Å². The van der Waals surface area contributed by atoms with Gasteiger partial charge >= 0.3 is 0 Å². The molecule has 0 amide bonds. The van der Waals surface area contributed by atoms with Gasteiger partial charge < -0.3 is 11.5 Å². The minimum absolute atomic E-state index is 0.322. The van der Waals surface area contributed by atoms with Crippen LogP contribution in [0.15, 0.2) is 30.7 Å². The Balaban J connectivity index is 0.000000218. The molecule has 0 atom stereocenters. The van der Waals surface area contributed by atoms with Crippen molar-refractivity contribution in [2.24, 2.45) is 5.73 Å². The number of allylic oxidation sites excluding steroid dienone is 1. The Morgan fingerprint density at radius 1 is 1.36 bits per heavy atom. The quantitative estimate of drug-likeness (QED) is 0.568. The van der Waals surface area contributed by atoms with Gasteiger partial charge in [0.2, 0.25) is 5.95 Å². The van der Waals surface area contributed by atoms with E-state index in [0.717, 1.165) is 0 Å². The molecule has 0 spiro atoms. The average Bonchev–Trinajstić information content (AvgIpc) is 2.07. The van der Waals surface area contributed by atoms with Crippen molar-refractivity contribution in [3.05, 3.63) is 30.7 Å². The topological polar surface area (TPSA) is 77.8 Å². The molecular formula is C7H12N4. The third kappa shape index (κ3) is 6.30. The van der Waals surface area contributed by atoms with Crippen molar-refractivity contribution in [3.8, 4) is 0 Å². The number of hydrogen-bond acceptors (Lipinski definition) is 4. The summed E-state index contributed by atoms with van der Waals surface area (Å²) in [4.78, 5) is 7.29. The fourth-order valence-corrected chi connectivity index (χ4v) is 0.311. The summed E-state index contributed by atoms with van der Waals surface area (Å²) in [6.45, 7) is 1.88. The summed E-state index contributed by atoms with van der Waals surface area (Å²) in [7, 11) is 0. The fraction of sp³-hybridized carbons (Fsp3) is 0.143. The molecule has 4 heteroatoms. The fourth-order valence-electron chi connectivity index (χ4n) is 0.311. The van der Waals surface area contributed by atoms with Gasteiger partial charge in [-0.1, -0.05) is 6.08 Å². The van der Waals surface area contributed by atoms with Gasteiger partial charge in [0.05, 0.1) is 0 Å². The Labute approximate surface area is 66.0 Å². The molecule has 0 fully saturated rings. The van der Waals surface area contributed by atoms with E-state index < -0.39 is 0 Å². The Morgan fingerprint density at radius 3 is 2.00 bits per heavy atom. The van der Waals surface area contributed by atoms with E-state index in [1.807, 2.05) is 6.92 Å². The molecule has 0 aliphatic heterocycles. The smallest absolute Gasteiger partial charge is 0.219 e. The lowest BCUT2D eigenvalue weighted by Gasteiger charge is -1.82. The summed E-state index contributed by atoms with van der Waals surface area (Å²) in [5.41, 5.74) is 9.98. The van der Waals surface area contributed by atoms with Gasteiger partial charge in [-0.25, -0.2) is 9.97 Å². The molecule has 0 aliphatic rings. The highest BCUT2D eigenvalue weighted by Crippen LogP contribution is 1.81. The van der Waals surface area contributed by atoms with Crippen LogP contribution in [-0.2, 0) is 0 Å². The maximum atomic E-state index is 5.14. The molecule has 0 aromatic carbocycles. The highest BCUT2D eigenvalue weighted by Gasteiger charge is 1.75. The highest BCUT2D eigenvalue weighted by atomic mass is 15.0. The second-order valence-corrected chi connectivity index (χ2v) is 1.63. The van der Waals surface area contributed by atoms with Gasteiger partial charge in [-0.15, -0.1) is 0 Å². The molecule has 4 nitrogen and oxygen atoms in total. The van der Waals surface area contributed by atoms with E-state index in [2.05, 4.69) is 9.97 Å². The molecular weight excluding hydrogens is 140 g/mol. The van der Waals surface area contributed by atoms with Crippen molar-refractivity contribution < 1.29 is 0 Å². The lowest BCUT2D eigenvalue weighted by Crippen LogP contribution is -1.90. The Morgan fingerprint density at radius 2 is 1.82 bits per heavy atom. The van der Waals surface area contributed by atoms with Gasteiger partial charge in [-0.05, 0) is 19.2 Å². The maximum absolute atomic E-state index is 5.14. The van der Waals surface area contributed by atoms with Crippen LogP contribution in [0.1, 0.15) is 6.92 Å². The lowest BCUT2D eigenvalue weighted by molar-refractivity contribution is 1.19. The van der Waals surface area contributed by atoms with E-state index in [4.69, 9.17) is 11.5 Å². The standard InChI is InChI=1S/C4H5N3.C3H7N/c5-4-6-2-1-3-7-4;1-2-3-4/h1-3H,(H2,5,6,7);2-3H,4H2,1H3/b;3-2+. The molecule has 0 radical (unpaired) electrons.